The van der Waals surface area contributed by atoms with E-state index in [1.165, 1.54) is 31.4 Å². The molecule has 3 aromatic rings. The summed E-state index contributed by atoms with van der Waals surface area (Å²) >= 11 is 0. The number of halogens is 3. The molecule has 4 N–H and O–H groups in total. The Kier molecular flexibility index (Phi) is 6.18. The second-order valence-electron chi connectivity index (χ2n) is 6.89. The van der Waals surface area contributed by atoms with Crippen LogP contribution in [0.25, 0.3) is 0 Å². The maximum atomic E-state index is 14.1. The third-order valence-electron chi connectivity index (χ3n) is 4.87. The third kappa shape index (κ3) is 4.40. The summed E-state index contributed by atoms with van der Waals surface area (Å²) in [7, 11) is -3.13. The molecule has 0 bridgehead atoms. The molecule has 3 rings (SSSR count). The van der Waals surface area contributed by atoms with E-state index < -0.39 is 49.2 Å². The van der Waals surface area contributed by atoms with Gasteiger partial charge in [-0.05, 0) is 47.9 Å². The maximum Gasteiger partial charge on any atom is 0.418 e. The Morgan fingerprint density at radius 3 is 2.12 bits per heavy atom. The number of anilines is 1. The number of benzene rings is 3. The first-order valence-electron chi connectivity index (χ1n) is 9.22. The van der Waals surface area contributed by atoms with Crippen LogP contribution in [0.15, 0.2) is 70.5 Å². The zero-order chi connectivity index (χ0) is 23.7. The summed E-state index contributed by atoms with van der Waals surface area (Å²) in [6, 6.07) is 13.9. The number of methoxy groups -OCH3 is 1. The normalized spacial score (nSPS) is 11.9. The number of hydrogen-bond acceptors (Lipinski definition) is 5. The van der Waals surface area contributed by atoms with Crippen molar-refractivity contribution in [1.82, 2.24) is 0 Å². The van der Waals surface area contributed by atoms with Crippen LogP contribution >= 0.6 is 0 Å². The monoisotopic (exact) mass is 464 g/mol. The van der Waals surface area contributed by atoms with Gasteiger partial charge >= 0.3 is 6.18 Å². The molecule has 10 heteroatoms. The number of carbonyl (C=O) groups is 1. The average molecular weight is 464 g/mol. The number of amides is 1. The lowest BCUT2D eigenvalue weighted by Crippen LogP contribution is -2.23. The van der Waals surface area contributed by atoms with E-state index in [1.54, 1.807) is 30.3 Å². The molecule has 0 heterocycles. The van der Waals surface area contributed by atoms with Gasteiger partial charge in [0.15, 0.2) is 0 Å². The van der Waals surface area contributed by atoms with Crippen molar-refractivity contribution in [2.24, 2.45) is 5.73 Å². The van der Waals surface area contributed by atoms with Gasteiger partial charge in [0.25, 0.3) is 0 Å². The minimum absolute atomic E-state index is 0.315. The first-order chi connectivity index (χ1) is 15.0. The van der Waals surface area contributed by atoms with Crippen LogP contribution in [0.1, 0.15) is 27.0 Å². The molecule has 0 atom stereocenters. The highest BCUT2D eigenvalue weighted by molar-refractivity contribution is 7.91. The van der Waals surface area contributed by atoms with E-state index in [1.807, 2.05) is 0 Å². The summed E-state index contributed by atoms with van der Waals surface area (Å²) in [4.78, 5) is 10.9. The number of alkyl halides is 3. The number of nitrogens with two attached hydrogens (primary N) is 2. The van der Waals surface area contributed by atoms with Gasteiger partial charge < -0.3 is 16.2 Å². The van der Waals surface area contributed by atoms with Gasteiger partial charge in [-0.3, -0.25) is 4.79 Å². The first kappa shape index (κ1) is 23.1. The van der Waals surface area contributed by atoms with Gasteiger partial charge in [-0.15, -0.1) is 0 Å². The summed E-state index contributed by atoms with van der Waals surface area (Å²) in [6.07, 6.45) is -5.36. The maximum absolute atomic E-state index is 14.1. The first-order valence-corrected chi connectivity index (χ1v) is 10.7. The molecular weight excluding hydrogens is 445 g/mol. The number of ether oxygens (including phenoxy) is 1. The lowest BCUT2D eigenvalue weighted by molar-refractivity contribution is -0.137. The standard InChI is InChI=1S/C22H19F3N2O4S/c1-31-14-7-9-15(10-8-14)32(29,30)18-12-17(21(27)28)16(11-13-5-3-2-4-6-13)19(20(18)26)22(23,24)25/h2-10,12H,11,26H2,1H3,(H2,27,28). The number of nitrogen functional groups attached to an aromatic ring is 1. The molecule has 0 radical (unpaired) electrons. The molecule has 1 amide bonds. The third-order valence-corrected chi connectivity index (χ3v) is 6.68. The Hall–Kier alpha value is -3.53. The number of hydrogen-bond donors (Lipinski definition) is 2. The largest absolute Gasteiger partial charge is 0.497 e. The van der Waals surface area contributed by atoms with Gasteiger partial charge in [-0.2, -0.15) is 13.2 Å². The van der Waals surface area contributed by atoms with Gasteiger partial charge in [0.2, 0.25) is 15.7 Å². The summed E-state index contributed by atoms with van der Waals surface area (Å²) in [5, 5.41) is 0. The fraction of sp³-hybridized carbons (Fsp3) is 0.136. The fourth-order valence-corrected chi connectivity index (χ4v) is 4.76. The van der Waals surface area contributed by atoms with Crippen molar-refractivity contribution in [2.45, 2.75) is 22.4 Å². The van der Waals surface area contributed by atoms with E-state index in [4.69, 9.17) is 16.2 Å². The highest BCUT2D eigenvalue weighted by atomic mass is 32.2. The van der Waals surface area contributed by atoms with Crippen LogP contribution in [0.4, 0.5) is 18.9 Å². The van der Waals surface area contributed by atoms with Gasteiger partial charge in [-0.25, -0.2) is 8.42 Å². The van der Waals surface area contributed by atoms with Gasteiger partial charge in [0, 0.05) is 5.56 Å². The lowest BCUT2D eigenvalue weighted by Gasteiger charge is -2.21. The SMILES string of the molecule is COc1ccc(S(=O)(=O)c2cc(C(N)=O)c(Cc3ccccc3)c(C(F)(F)F)c2N)cc1. The molecule has 0 aromatic heterocycles. The van der Waals surface area contributed by atoms with Crippen molar-refractivity contribution in [3.63, 3.8) is 0 Å². The van der Waals surface area contributed by atoms with Crippen molar-refractivity contribution >= 4 is 21.4 Å². The predicted octanol–water partition coefficient (Wildman–Crippen LogP) is 3.82. The van der Waals surface area contributed by atoms with Gasteiger partial charge in [-0.1, -0.05) is 30.3 Å². The summed E-state index contributed by atoms with van der Waals surface area (Å²) in [5.74, 6) is -0.850. The molecule has 0 saturated heterocycles. The summed E-state index contributed by atoms with van der Waals surface area (Å²) in [5.41, 5.74) is 8.18. The van der Waals surface area contributed by atoms with E-state index in [-0.39, 0.29) is 11.3 Å². The average Bonchev–Trinajstić information content (AvgIpc) is 2.73. The smallest absolute Gasteiger partial charge is 0.418 e. The zero-order valence-corrected chi connectivity index (χ0v) is 17.6. The molecule has 6 nitrogen and oxygen atoms in total. The van der Waals surface area contributed by atoms with E-state index in [0.29, 0.717) is 11.3 Å². The van der Waals surface area contributed by atoms with Crippen molar-refractivity contribution in [3.8, 4) is 5.75 Å². The second kappa shape index (κ2) is 8.54. The lowest BCUT2D eigenvalue weighted by atomic mass is 9.92. The number of primary amides is 1. The minimum Gasteiger partial charge on any atom is -0.497 e. The van der Waals surface area contributed by atoms with Crippen LogP contribution in [0.5, 0.6) is 5.75 Å². The van der Waals surface area contributed by atoms with Gasteiger partial charge in [0.05, 0.1) is 28.2 Å². The molecule has 0 spiro atoms. The predicted molar refractivity (Wildman–Crippen MR) is 112 cm³/mol. The van der Waals surface area contributed by atoms with Crippen molar-refractivity contribution < 1.29 is 31.1 Å². The molecular formula is C22H19F3N2O4S. The molecule has 0 fully saturated rings. The summed E-state index contributed by atoms with van der Waals surface area (Å²) in [6.45, 7) is 0. The Morgan fingerprint density at radius 2 is 1.62 bits per heavy atom. The Labute approximate surface area is 182 Å². The van der Waals surface area contributed by atoms with Gasteiger partial charge in [0.1, 0.15) is 5.75 Å². The molecule has 0 aliphatic heterocycles. The van der Waals surface area contributed by atoms with E-state index in [2.05, 4.69) is 0 Å². The van der Waals surface area contributed by atoms with Crippen LogP contribution in [-0.2, 0) is 22.4 Å². The molecule has 32 heavy (non-hydrogen) atoms. The Balaban J connectivity index is 2.31. The van der Waals surface area contributed by atoms with Crippen molar-refractivity contribution in [3.05, 3.63) is 82.9 Å². The van der Waals surface area contributed by atoms with Crippen molar-refractivity contribution in [1.29, 1.82) is 0 Å². The highest BCUT2D eigenvalue weighted by Crippen LogP contribution is 2.43. The Bertz CT molecular complexity index is 1260. The van der Waals surface area contributed by atoms with Crippen LogP contribution in [0, 0.1) is 0 Å². The molecule has 0 aliphatic rings. The summed E-state index contributed by atoms with van der Waals surface area (Å²) < 4.78 is 73.5. The topological polar surface area (TPSA) is 112 Å². The highest BCUT2D eigenvalue weighted by Gasteiger charge is 2.40. The molecule has 0 aliphatic carbocycles. The van der Waals surface area contributed by atoms with Crippen LogP contribution in [0.2, 0.25) is 0 Å². The van der Waals surface area contributed by atoms with E-state index >= 15 is 0 Å². The molecule has 3 aromatic carbocycles. The fourth-order valence-electron chi connectivity index (χ4n) is 3.35. The molecule has 0 saturated carbocycles. The minimum atomic E-state index is -5.04. The van der Waals surface area contributed by atoms with E-state index in [9.17, 15) is 26.4 Å². The van der Waals surface area contributed by atoms with Crippen LogP contribution in [0.3, 0.4) is 0 Å². The second-order valence-corrected chi connectivity index (χ2v) is 8.81. The number of rotatable bonds is 6. The van der Waals surface area contributed by atoms with Crippen LogP contribution in [-0.4, -0.2) is 21.4 Å². The zero-order valence-electron chi connectivity index (χ0n) is 16.8. The Morgan fingerprint density at radius 1 is 1.03 bits per heavy atom. The molecule has 168 valence electrons. The number of sulfone groups is 1. The van der Waals surface area contributed by atoms with Crippen LogP contribution < -0.4 is 16.2 Å². The van der Waals surface area contributed by atoms with Crippen molar-refractivity contribution in [2.75, 3.05) is 12.8 Å². The number of carbonyl (C=O) groups excluding carboxylic acids is 1. The molecule has 0 unspecified atom stereocenters. The van der Waals surface area contributed by atoms with E-state index in [0.717, 1.165) is 6.07 Å². The quantitative estimate of drug-likeness (QED) is 0.539.